The van der Waals surface area contributed by atoms with Gasteiger partial charge < -0.3 is 15.8 Å². The van der Waals surface area contributed by atoms with Crippen molar-refractivity contribution in [2.24, 2.45) is 11.8 Å². The Morgan fingerprint density at radius 3 is 2.71 bits per heavy atom. The number of carbonyl (C=O) groups is 1. The zero-order chi connectivity index (χ0) is 15.4. The molecule has 0 amide bonds. The van der Waals surface area contributed by atoms with E-state index >= 15 is 0 Å². The SMILES string of the molecule is COC(=O)c1cc(NC2CCCCC2C(C)C)ccc1N. The van der Waals surface area contributed by atoms with Gasteiger partial charge >= 0.3 is 5.97 Å². The monoisotopic (exact) mass is 290 g/mol. The number of ether oxygens (including phenoxy) is 1. The first-order valence-corrected chi connectivity index (χ1v) is 7.77. The fourth-order valence-corrected chi connectivity index (χ4v) is 3.28. The van der Waals surface area contributed by atoms with E-state index in [1.165, 1.54) is 32.8 Å². The molecule has 0 saturated heterocycles. The summed E-state index contributed by atoms with van der Waals surface area (Å²) in [4.78, 5) is 11.7. The van der Waals surface area contributed by atoms with Crippen LogP contribution in [0.25, 0.3) is 0 Å². The number of methoxy groups -OCH3 is 1. The van der Waals surface area contributed by atoms with Crippen LogP contribution in [0.5, 0.6) is 0 Å². The van der Waals surface area contributed by atoms with Crippen molar-refractivity contribution >= 4 is 17.3 Å². The molecule has 4 heteroatoms. The number of carbonyl (C=O) groups excluding carboxylic acids is 1. The standard InChI is InChI=1S/C17H26N2O2/c1-11(2)13-6-4-5-7-16(13)19-12-8-9-15(18)14(10-12)17(20)21-3/h8-11,13,16,19H,4-7,18H2,1-3H3. The van der Waals surface area contributed by atoms with Crippen LogP contribution in [0.4, 0.5) is 11.4 Å². The number of benzene rings is 1. The molecule has 0 heterocycles. The second kappa shape index (κ2) is 6.83. The van der Waals surface area contributed by atoms with Crippen LogP contribution in [0, 0.1) is 11.8 Å². The van der Waals surface area contributed by atoms with Crippen molar-refractivity contribution in [2.45, 2.75) is 45.6 Å². The number of anilines is 2. The van der Waals surface area contributed by atoms with Crippen LogP contribution in [0.2, 0.25) is 0 Å². The molecule has 1 aliphatic carbocycles. The average molecular weight is 290 g/mol. The summed E-state index contributed by atoms with van der Waals surface area (Å²) < 4.78 is 4.77. The lowest BCUT2D eigenvalue weighted by atomic mass is 9.78. The van der Waals surface area contributed by atoms with Crippen LogP contribution >= 0.6 is 0 Å². The molecule has 1 fully saturated rings. The van der Waals surface area contributed by atoms with Crippen molar-refractivity contribution in [1.29, 1.82) is 0 Å². The van der Waals surface area contributed by atoms with Crippen molar-refractivity contribution in [3.05, 3.63) is 23.8 Å². The summed E-state index contributed by atoms with van der Waals surface area (Å²) in [5.74, 6) is 0.953. The minimum atomic E-state index is -0.389. The number of nitrogen functional groups attached to an aromatic ring is 1. The molecule has 0 aromatic heterocycles. The first kappa shape index (κ1) is 15.7. The van der Waals surface area contributed by atoms with Crippen LogP contribution in [-0.2, 0) is 4.74 Å². The molecule has 1 aromatic carbocycles. The molecule has 2 rings (SSSR count). The van der Waals surface area contributed by atoms with Crippen LogP contribution in [-0.4, -0.2) is 19.1 Å². The molecule has 1 saturated carbocycles. The maximum absolute atomic E-state index is 11.7. The molecule has 1 aromatic rings. The highest BCUT2D eigenvalue weighted by molar-refractivity contribution is 5.96. The normalized spacial score (nSPS) is 22.1. The van der Waals surface area contributed by atoms with Crippen LogP contribution in [0.15, 0.2) is 18.2 Å². The molecular formula is C17H26N2O2. The smallest absolute Gasteiger partial charge is 0.340 e. The summed E-state index contributed by atoms with van der Waals surface area (Å²) in [5, 5.41) is 3.60. The molecule has 4 nitrogen and oxygen atoms in total. The van der Waals surface area contributed by atoms with Crippen molar-refractivity contribution in [2.75, 3.05) is 18.2 Å². The van der Waals surface area contributed by atoms with Gasteiger partial charge in [-0.25, -0.2) is 4.79 Å². The summed E-state index contributed by atoms with van der Waals surface area (Å²) >= 11 is 0. The molecule has 0 bridgehead atoms. The lowest BCUT2D eigenvalue weighted by molar-refractivity contribution is 0.0602. The van der Waals surface area contributed by atoms with Crippen LogP contribution in [0.1, 0.15) is 49.9 Å². The van der Waals surface area contributed by atoms with Crippen LogP contribution < -0.4 is 11.1 Å². The maximum atomic E-state index is 11.7. The van der Waals surface area contributed by atoms with Gasteiger partial charge in [0.15, 0.2) is 0 Å². The molecular weight excluding hydrogens is 264 g/mol. The number of rotatable bonds is 4. The molecule has 21 heavy (non-hydrogen) atoms. The summed E-state index contributed by atoms with van der Waals surface area (Å²) in [5.41, 5.74) is 7.68. The Morgan fingerprint density at radius 1 is 1.33 bits per heavy atom. The van der Waals surface area contributed by atoms with Gasteiger partial charge in [0.1, 0.15) is 0 Å². The third kappa shape index (κ3) is 3.69. The van der Waals surface area contributed by atoms with Gasteiger partial charge in [0.2, 0.25) is 0 Å². The highest BCUT2D eigenvalue weighted by atomic mass is 16.5. The van der Waals surface area contributed by atoms with Gasteiger partial charge in [-0.2, -0.15) is 0 Å². The second-order valence-corrected chi connectivity index (χ2v) is 6.24. The highest BCUT2D eigenvalue weighted by Gasteiger charge is 2.27. The van der Waals surface area contributed by atoms with E-state index in [9.17, 15) is 4.79 Å². The highest BCUT2D eigenvalue weighted by Crippen LogP contribution is 2.32. The lowest BCUT2D eigenvalue weighted by Gasteiger charge is -2.35. The molecule has 2 unspecified atom stereocenters. The number of esters is 1. The first-order chi connectivity index (χ1) is 10.0. The molecule has 0 aliphatic heterocycles. The summed E-state index contributed by atoms with van der Waals surface area (Å²) in [7, 11) is 1.37. The van der Waals surface area contributed by atoms with E-state index in [4.69, 9.17) is 10.5 Å². The Morgan fingerprint density at radius 2 is 2.05 bits per heavy atom. The zero-order valence-corrected chi connectivity index (χ0v) is 13.2. The van der Waals surface area contributed by atoms with Gasteiger partial charge in [0.25, 0.3) is 0 Å². The fourth-order valence-electron chi connectivity index (χ4n) is 3.28. The fraction of sp³-hybridized carbons (Fsp3) is 0.588. The Bertz CT molecular complexity index is 500. The predicted octanol–water partition coefficient (Wildman–Crippen LogP) is 3.68. The Kier molecular flexibility index (Phi) is 5.10. The van der Waals surface area contributed by atoms with Crippen molar-refractivity contribution in [1.82, 2.24) is 0 Å². The third-order valence-corrected chi connectivity index (χ3v) is 4.49. The Balaban J connectivity index is 2.16. The van der Waals surface area contributed by atoms with Gasteiger partial charge in [-0.15, -0.1) is 0 Å². The van der Waals surface area contributed by atoms with E-state index in [-0.39, 0.29) is 5.97 Å². The summed E-state index contributed by atoms with van der Waals surface area (Å²) in [6, 6.07) is 5.97. The molecule has 3 N–H and O–H groups in total. The van der Waals surface area contributed by atoms with E-state index in [0.29, 0.717) is 29.1 Å². The number of hydrogen-bond acceptors (Lipinski definition) is 4. The van der Waals surface area contributed by atoms with Crippen LogP contribution in [0.3, 0.4) is 0 Å². The van der Waals surface area contributed by atoms with E-state index in [1.54, 1.807) is 12.1 Å². The van der Waals surface area contributed by atoms with Gasteiger partial charge in [0.05, 0.1) is 12.7 Å². The minimum absolute atomic E-state index is 0.389. The summed E-state index contributed by atoms with van der Waals surface area (Å²) in [6.45, 7) is 4.57. The number of hydrogen-bond donors (Lipinski definition) is 2. The number of nitrogens with one attached hydrogen (secondary N) is 1. The van der Waals surface area contributed by atoms with E-state index < -0.39 is 0 Å². The lowest BCUT2D eigenvalue weighted by Crippen LogP contribution is -2.35. The number of nitrogens with two attached hydrogens (primary N) is 1. The topological polar surface area (TPSA) is 64.3 Å². The molecule has 116 valence electrons. The Labute approximate surface area is 127 Å². The average Bonchev–Trinajstić information content (AvgIpc) is 2.48. The minimum Gasteiger partial charge on any atom is -0.465 e. The van der Waals surface area contributed by atoms with Crippen molar-refractivity contribution < 1.29 is 9.53 Å². The Hall–Kier alpha value is -1.71. The van der Waals surface area contributed by atoms with Gasteiger partial charge in [0, 0.05) is 17.4 Å². The summed E-state index contributed by atoms with van der Waals surface area (Å²) in [6.07, 6.45) is 5.03. The van der Waals surface area contributed by atoms with E-state index in [2.05, 4.69) is 19.2 Å². The molecule has 0 radical (unpaired) electrons. The predicted molar refractivity (Wildman–Crippen MR) is 86.4 cm³/mol. The van der Waals surface area contributed by atoms with Gasteiger partial charge in [-0.1, -0.05) is 26.7 Å². The zero-order valence-electron chi connectivity index (χ0n) is 13.2. The van der Waals surface area contributed by atoms with Gasteiger partial charge in [-0.05, 0) is 42.9 Å². The molecule has 0 spiro atoms. The first-order valence-electron chi connectivity index (χ1n) is 7.77. The second-order valence-electron chi connectivity index (χ2n) is 6.24. The molecule has 1 aliphatic rings. The molecule has 2 atom stereocenters. The largest absolute Gasteiger partial charge is 0.465 e. The third-order valence-electron chi connectivity index (χ3n) is 4.49. The van der Waals surface area contributed by atoms with Gasteiger partial charge in [-0.3, -0.25) is 0 Å². The van der Waals surface area contributed by atoms with E-state index in [1.807, 2.05) is 6.07 Å². The van der Waals surface area contributed by atoms with Crippen molar-refractivity contribution in [3.8, 4) is 0 Å². The van der Waals surface area contributed by atoms with Crippen molar-refractivity contribution in [3.63, 3.8) is 0 Å². The maximum Gasteiger partial charge on any atom is 0.340 e. The quantitative estimate of drug-likeness (QED) is 0.656. The van der Waals surface area contributed by atoms with E-state index in [0.717, 1.165) is 5.69 Å².